The van der Waals surface area contributed by atoms with E-state index in [1.165, 1.54) is 36.4 Å². The summed E-state index contributed by atoms with van der Waals surface area (Å²) in [5.74, 6) is -5.91. The van der Waals surface area contributed by atoms with E-state index in [2.05, 4.69) is 5.32 Å². The number of hydrogen-bond acceptors (Lipinski definition) is 3. The number of halogens is 5. The summed E-state index contributed by atoms with van der Waals surface area (Å²) in [6.07, 6.45) is -4.43. The molecule has 1 N–H and O–H groups in total. The van der Waals surface area contributed by atoms with Crippen molar-refractivity contribution >= 4 is 29.2 Å². The average Bonchev–Trinajstić information content (AvgIpc) is 2.68. The standard InChI is InChI=1S/C24H26ClF4NO3/c1-14(24(27,28)29)21(16-7-9-17(25)10-8-16)22(32)30-19-13-15(5-11-18(19)26)6-12-20(31)33-23(2,3)4/h5,7-11,13-14,21H,6,12H2,1-4H3,(H,30,32)/t14-,21+/m1/s1. The first kappa shape index (κ1) is 26.6. The highest BCUT2D eigenvalue weighted by Crippen LogP contribution is 2.38. The largest absolute Gasteiger partial charge is 0.460 e. The fraction of sp³-hybridized carbons (Fsp3) is 0.417. The first-order chi connectivity index (χ1) is 15.2. The number of benzene rings is 2. The number of hydrogen-bond donors (Lipinski definition) is 1. The quantitative estimate of drug-likeness (QED) is 0.350. The number of ether oxygens (including phenoxy) is 1. The Hall–Kier alpha value is -2.61. The minimum Gasteiger partial charge on any atom is -0.460 e. The fourth-order valence-electron chi connectivity index (χ4n) is 3.20. The molecule has 4 nitrogen and oxygen atoms in total. The van der Waals surface area contributed by atoms with Crippen LogP contribution in [0.15, 0.2) is 42.5 Å². The first-order valence-electron chi connectivity index (χ1n) is 10.3. The molecular weight excluding hydrogens is 462 g/mol. The predicted molar refractivity (Wildman–Crippen MR) is 119 cm³/mol. The van der Waals surface area contributed by atoms with Crippen LogP contribution in [0.4, 0.5) is 23.2 Å². The Morgan fingerprint density at radius 1 is 1.06 bits per heavy atom. The van der Waals surface area contributed by atoms with Gasteiger partial charge in [0.15, 0.2) is 0 Å². The number of carbonyl (C=O) groups is 2. The van der Waals surface area contributed by atoms with Crippen molar-refractivity contribution < 1.29 is 31.9 Å². The van der Waals surface area contributed by atoms with Gasteiger partial charge in [0.2, 0.25) is 5.91 Å². The maximum absolute atomic E-state index is 14.4. The molecule has 2 rings (SSSR count). The molecule has 2 aromatic carbocycles. The second-order valence-electron chi connectivity index (χ2n) is 8.75. The van der Waals surface area contributed by atoms with Crippen LogP contribution in [0.5, 0.6) is 0 Å². The Morgan fingerprint density at radius 2 is 1.67 bits per heavy atom. The lowest BCUT2D eigenvalue weighted by atomic mass is 9.86. The summed E-state index contributed by atoms with van der Waals surface area (Å²) < 4.78 is 60.0. The van der Waals surface area contributed by atoms with Gasteiger partial charge in [0.25, 0.3) is 0 Å². The Balaban J connectivity index is 2.23. The Kier molecular flexibility index (Phi) is 8.52. The fourth-order valence-corrected chi connectivity index (χ4v) is 3.33. The van der Waals surface area contributed by atoms with E-state index in [9.17, 15) is 27.2 Å². The van der Waals surface area contributed by atoms with Crippen LogP contribution in [0, 0.1) is 11.7 Å². The van der Waals surface area contributed by atoms with Crippen LogP contribution in [-0.4, -0.2) is 23.7 Å². The van der Waals surface area contributed by atoms with Crippen molar-refractivity contribution in [3.8, 4) is 0 Å². The normalized spacial score (nSPS) is 13.8. The molecular formula is C24H26ClF4NO3. The number of amides is 1. The molecule has 0 saturated carbocycles. The third-order valence-corrected chi connectivity index (χ3v) is 5.11. The van der Waals surface area contributed by atoms with E-state index < -0.39 is 41.3 Å². The number of aryl methyl sites for hydroxylation is 1. The lowest BCUT2D eigenvalue weighted by Gasteiger charge is -2.26. The van der Waals surface area contributed by atoms with E-state index in [0.29, 0.717) is 10.6 Å². The van der Waals surface area contributed by atoms with Crippen molar-refractivity contribution in [2.75, 3.05) is 5.32 Å². The minimum absolute atomic E-state index is 0.0226. The van der Waals surface area contributed by atoms with Crippen molar-refractivity contribution in [1.82, 2.24) is 0 Å². The van der Waals surface area contributed by atoms with E-state index in [1.54, 1.807) is 20.8 Å². The third-order valence-electron chi connectivity index (χ3n) is 4.85. The zero-order valence-corrected chi connectivity index (χ0v) is 19.5. The summed E-state index contributed by atoms with van der Waals surface area (Å²) in [5, 5.41) is 2.59. The van der Waals surface area contributed by atoms with Crippen molar-refractivity contribution in [1.29, 1.82) is 0 Å². The molecule has 9 heteroatoms. The number of nitrogens with one attached hydrogen (secondary N) is 1. The van der Waals surface area contributed by atoms with Crippen LogP contribution in [-0.2, 0) is 20.7 Å². The van der Waals surface area contributed by atoms with Crippen LogP contribution in [0.2, 0.25) is 5.02 Å². The third kappa shape index (κ3) is 8.03. The van der Waals surface area contributed by atoms with Gasteiger partial charge in [0.1, 0.15) is 11.4 Å². The molecule has 2 atom stereocenters. The highest BCUT2D eigenvalue weighted by molar-refractivity contribution is 6.30. The Bertz CT molecular complexity index is 985. The topological polar surface area (TPSA) is 55.4 Å². The van der Waals surface area contributed by atoms with E-state index in [-0.39, 0.29) is 24.1 Å². The number of alkyl halides is 3. The number of anilines is 1. The number of rotatable bonds is 7. The average molecular weight is 488 g/mol. The molecule has 0 aliphatic rings. The molecule has 33 heavy (non-hydrogen) atoms. The summed E-state index contributed by atoms with van der Waals surface area (Å²) in [4.78, 5) is 24.8. The molecule has 0 spiro atoms. The van der Waals surface area contributed by atoms with Crippen molar-refractivity contribution in [3.63, 3.8) is 0 Å². The predicted octanol–water partition coefficient (Wildman–Crippen LogP) is 6.67. The van der Waals surface area contributed by atoms with Gasteiger partial charge >= 0.3 is 12.1 Å². The van der Waals surface area contributed by atoms with Gasteiger partial charge in [-0.05, 0) is 62.6 Å². The summed E-state index contributed by atoms with van der Waals surface area (Å²) in [6.45, 7) is 6.09. The smallest absolute Gasteiger partial charge is 0.392 e. The van der Waals surface area contributed by atoms with E-state index in [0.717, 1.165) is 13.0 Å². The lowest BCUT2D eigenvalue weighted by Crippen LogP contribution is -2.34. The number of esters is 1. The van der Waals surface area contributed by atoms with Crippen molar-refractivity contribution in [3.05, 3.63) is 64.4 Å². The van der Waals surface area contributed by atoms with Gasteiger partial charge < -0.3 is 10.1 Å². The molecule has 0 aromatic heterocycles. The van der Waals surface area contributed by atoms with Gasteiger partial charge in [0.05, 0.1) is 17.5 Å². The molecule has 1 amide bonds. The molecule has 0 radical (unpaired) electrons. The molecule has 2 aromatic rings. The highest BCUT2D eigenvalue weighted by atomic mass is 35.5. The van der Waals surface area contributed by atoms with Gasteiger partial charge in [-0.15, -0.1) is 0 Å². The van der Waals surface area contributed by atoms with Gasteiger partial charge in [-0.3, -0.25) is 9.59 Å². The molecule has 0 bridgehead atoms. The van der Waals surface area contributed by atoms with Crippen LogP contribution in [0.1, 0.15) is 51.2 Å². The van der Waals surface area contributed by atoms with Crippen LogP contribution in [0.25, 0.3) is 0 Å². The van der Waals surface area contributed by atoms with E-state index in [1.807, 2.05) is 0 Å². The molecule has 0 aliphatic heterocycles. The van der Waals surface area contributed by atoms with Crippen LogP contribution < -0.4 is 5.32 Å². The second kappa shape index (κ2) is 10.5. The minimum atomic E-state index is -4.66. The van der Waals surface area contributed by atoms with Gasteiger partial charge in [-0.1, -0.05) is 36.7 Å². The monoisotopic (exact) mass is 487 g/mol. The molecule has 0 heterocycles. The summed E-state index contributed by atoms with van der Waals surface area (Å²) in [5.41, 5.74) is -0.298. The molecule has 0 saturated heterocycles. The zero-order valence-electron chi connectivity index (χ0n) is 18.7. The second-order valence-corrected chi connectivity index (χ2v) is 9.19. The van der Waals surface area contributed by atoms with Gasteiger partial charge in [0, 0.05) is 11.4 Å². The maximum atomic E-state index is 14.4. The Morgan fingerprint density at radius 3 is 2.21 bits per heavy atom. The lowest BCUT2D eigenvalue weighted by molar-refractivity contribution is -0.178. The van der Waals surface area contributed by atoms with Gasteiger partial charge in [-0.2, -0.15) is 13.2 Å². The van der Waals surface area contributed by atoms with Crippen molar-refractivity contribution in [2.45, 2.75) is 58.2 Å². The van der Waals surface area contributed by atoms with E-state index in [4.69, 9.17) is 16.3 Å². The summed E-state index contributed by atoms with van der Waals surface area (Å²) in [6, 6.07) is 9.27. The van der Waals surface area contributed by atoms with Crippen LogP contribution >= 0.6 is 11.6 Å². The molecule has 0 aliphatic carbocycles. The molecule has 0 unspecified atom stereocenters. The first-order valence-corrected chi connectivity index (χ1v) is 10.7. The maximum Gasteiger partial charge on any atom is 0.392 e. The van der Waals surface area contributed by atoms with Crippen LogP contribution in [0.3, 0.4) is 0 Å². The number of carbonyl (C=O) groups excluding carboxylic acids is 2. The molecule has 0 fully saturated rings. The highest BCUT2D eigenvalue weighted by Gasteiger charge is 2.45. The summed E-state index contributed by atoms with van der Waals surface area (Å²) >= 11 is 5.82. The van der Waals surface area contributed by atoms with Crippen molar-refractivity contribution in [2.24, 2.45) is 5.92 Å². The SMILES string of the molecule is C[C@H]([C@H](C(=O)Nc1cc(CCC(=O)OC(C)(C)C)ccc1F)c1ccc(Cl)cc1)C(F)(F)F. The summed E-state index contributed by atoms with van der Waals surface area (Å²) in [7, 11) is 0. The Labute approximate surface area is 195 Å². The molecule has 180 valence electrons. The zero-order chi connectivity index (χ0) is 25.0. The van der Waals surface area contributed by atoms with E-state index >= 15 is 0 Å². The van der Waals surface area contributed by atoms with Gasteiger partial charge in [-0.25, -0.2) is 4.39 Å².